The van der Waals surface area contributed by atoms with Crippen LogP contribution in [-0.2, 0) is 29.0 Å². The lowest BCUT2D eigenvalue weighted by Gasteiger charge is -2.36. The number of carbonyl (C=O) groups is 1. The topological polar surface area (TPSA) is 42.0 Å². The Morgan fingerprint density at radius 1 is 1.30 bits per heavy atom. The number of hydrogen-bond donors (Lipinski definition) is 0. The Morgan fingerprint density at radius 3 is 2.78 bits per heavy atom. The molecule has 1 aromatic rings. The SMILES string of the molecule is CCC1Cc2cc(CN3CCOCC3)ccc2CN1C(=O)OC. The quantitative estimate of drug-likeness (QED) is 0.858. The molecule has 0 saturated carbocycles. The molecule has 0 spiro atoms. The van der Waals surface area contributed by atoms with Crippen molar-refractivity contribution in [2.45, 2.75) is 38.9 Å². The highest BCUT2D eigenvalue weighted by molar-refractivity contribution is 5.68. The van der Waals surface area contributed by atoms with Crippen LogP contribution in [0.15, 0.2) is 18.2 Å². The van der Waals surface area contributed by atoms with Gasteiger partial charge < -0.3 is 14.4 Å². The Balaban J connectivity index is 1.74. The van der Waals surface area contributed by atoms with Crippen molar-refractivity contribution in [3.63, 3.8) is 0 Å². The molecule has 23 heavy (non-hydrogen) atoms. The van der Waals surface area contributed by atoms with E-state index < -0.39 is 0 Å². The molecule has 0 aromatic heterocycles. The van der Waals surface area contributed by atoms with Crippen LogP contribution < -0.4 is 0 Å². The molecule has 126 valence electrons. The van der Waals surface area contributed by atoms with Gasteiger partial charge in [-0.3, -0.25) is 4.90 Å². The number of methoxy groups -OCH3 is 1. The van der Waals surface area contributed by atoms with Gasteiger partial charge in [0.1, 0.15) is 0 Å². The number of benzene rings is 1. The lowest BCUT2D eigenvalue weighted by atomic mass is 9.91. The van der Waals surface area contributed by atoms with Gasteiger partial charge in [-0.2, -0.15) is 0 Å². The molecule has 2 aliphatic heterocycles. The number of fused-ring (bicyclic) bond motifs is 1. The molecule has 2 heterocycles. The van der Waals surface area contributed by atoms with Gasteiger partial charge in [0.2, 0.25) is 0 Å². The lowest BCUT2D eigenvalue weighted by Crippen LogP contribution is -2.44. The van der Waals surface area contributed by atoms with E-state index >= 15 is 0 Å². The third-order valence-corrected chi connectivity index (χ3v) is 4.90. The van der Waals surface area contributed by atoms with Gasteiger partial charge in [-0.15, -0.1) is 0 Å². The summed E-state index contributed by atoms with van der Waals surface area (Å²) in [5, 5.41) is 0. The molecule has 1 atom stereocenters. The average molecular weight is 318 g/mol. The third-order valence-electron chi connectivity index (χ3n) is 4.90. The zero-order chi connectivity index (χ0) is 16.2. The second-order valence-electron chi connectivity index (χ2n) is 6.36. The fourth-order valence-corrected chi connectivity index (χ4v) is 3.51. The van der Waals surface area contributed by atoms with Crippen LogP contribution in [0.1, 0.15) is 30.0 Å². The summed E-state index contributed by atoms with van der Waals surface area (Å²) in [5.74, 6) is 0. The van der Waals surface area contributed by atoms with Gasteiger partial charge in [0.25, 0.3) is 0 Å². The summed E-state index contributed by atoms with van der Waals surface area (Å²) in [6, 6.07) is 6.92. The van der Waals surface area contributed by atoms with Crippen molar-refractivity contribution >= 4 is 6.09 Å². The van der Waals surface area contributed by atoms with Crippen LogP contribution in [0.25, 0.3) is 0 Å². The molecule has 5 heteroatoms. The number of morpholine rings is 1. The highest BCUT2D eigenvalue weighted by Gasteiger charge is 2.29. The van der Waals surface area contributed by atoms with Crippen LogP contribution in [0.5, 0.6) is 0 Å². The van der Waals surface area contributed by atoms with Crippen LogP contribution in [0.2, 0.25) is 0 Å². The Kier molecular flexibility index (Phi) is 5.18. The molecule has 1 aromatic carbocycles. The molecule has 3 rings (SSSR count). The number of nitrogens with zero attached hydrogens (tertiary/aromatic N) is 2. The first-order valence-electron chi connectivity index (χ1n) is 8.46. The monoisotopic (exact) mass is 318 g/mol. The summed E-state index contributed by atoms with van der Waals surface area (Å²) < 4.78 is 10.3. The van der Waals surface area contributed by atoms with Crippen LogP contribution in [0, 0.1) is 0 Å². The number of carbonyl (C=O) groups excluding carboxylic acids is 1. The maximum Gasteiger partial charge on any atom is 0.410 e. The van der Waals surface area contributed by atoms with Gasteiger partial charge in [0.05, 0.1) is 20.3 Å². The van der Waals surface area contributed by atoms with Crippen molar-refractivity contribution < 1.29 is 14.3 Å². The van der Waals surface area contributed by atoms with E-state index in [1.54, 1.807) is 0 Å². The molecule has 1 fully saturated rings. The smallest absolute Gasteiger partial charge is 0.410 e. The number of rotatable bonds is 3. The molecular weight excluding hydrogens is 292 g/mol. The van der Waals surface area contributed by atoms with E-state index in [1.165, 1.54) is 23.8 Å². The minimum Gasteiger partial charge on any atom is -0.453 e. The second kappa shape index (κ2) is 7.32. The second-order valence-corrected chi connectivity index (χ2v) is 6.36. The van der Waals surface area contributed by atoms with Crippen molar-refractivity contribution in [1.82, 2.24) is 9.80 Å². The van der Waals surface area contributed by atoms with Crippen molar-refractivity contribution in [3.05, 3.63) is 34.9 Å². The van der Waals surface area contributed by atoms with Crippen molar-refractivity contribution in [2.24, 2.45) is 0 Å². The van der Waals surface area contributed by atoms with Gasteiger partial charge >= 0.3 is 6.09 Å². The number of amides is 1. The first-order chi connectivity index (χ1) is 11.2. The molecular formula is C18H26N2O3. The number of ether oxygens (including phenoxy) is 2. The largest absolute Gasteiger partial charge is 0.453 e. The van der Waals surface area contributed by atoms with Crippen molar-refractivity contribution in [1.29, 1.82) is 0 Å². The Hall–Kier alpha value is -1.59. The van der Waals surface area contributed by atoms with Crippen LogP contribution in [-0.4, -0.2) is 55.3 Å². The summed E-state index contributed by atoms with van der Waals surface area (Å²) in [5.41, 5.74) is 3.97. The van der Waals surface area contributed by atoms with Gasteiger partial charge in [-0.1, -0.05) is 25.1 Å². The van der Waals surface area contributed by atoms with E-state index in [0.29, 0.717) is 6.54 Å². The Morgan fingerprint density at radius 2 is 2.09 bits per heavy atom. The van der Waals surface area contributed by atoms with Crippen molar-refractivity contribution in [2.75, 3.05) is 33.4 Å². The fourth-order valence-electron chi connectivity index (χ4n) is 3.51. The zero-order valence-corrected chi connectivity index (χ0v) is 14.1. The van der Waals surface area contributed by atoms with Gasteiger partial charge in [-0.25, -0.2) is 4.79 Å². The first-order valence-corrected chi connectivity index (χ1v) is 8.46. The van der Waals surface area contributed by atoms with E-state index in [-0.39, 0.29) is 12.1 Å². The van der Waals surface area contributed by atoms with E-state index in [4.69, 9.17) is 9.47 Å². The normalized spacial score (nSPS) is 21.8. The molecule has 0 aliphatic carbocycles. The van der Waals surface area contributed by atoms with Crippen LogP contribution in [0.3, 0.4) is 0 Å². The lowest BCUT2D eigenvalue weighted by molar-refractivity contribution is 0.0341. The molecule has 5 nitrogen and oxygen atoms in total. The molecule has 1 unspecified atom stereocenters. The predicted molar refractivity (Wildman–Crippen MR) is 88.3 cm³/mol. The summed E-state index contributed by atoms with van der Waals surface area (Å²) >= 11 is 0. The Labute approximate surface area is 138 Å². The van der Waals surface area contributed by atoms with E-state index in [1.807, 2.05) is 4.90 Å². The molecule has 0 bridgehead atoms. The minimum absolute atomic E-state index is 0.222. The number of hydrogen-bond acceptors (Lipinski definition) is 4. The van der Waals surface area contributed by atoms with Crippen LogP contribution >= 0.6 is 0 Å². The predicted octanol–water partition coefficient (Wildman–Crippen LogP) is 2.42. The highest BCUT2D eigenvalue weighted by Crippen LogP contribution is 2.27. The van der Waals surface area contributed by atoms with E-state index in [2.05, 4.69) is 30.0 Å². The maximum atomic E-state index is 12.0. The minimum atomic E-state index is -0.222. The highest BCUT2D eigenvalue weighted by atomic mass is 16.5. The van der Waals surface area contributed by atoms with Gasteiger partial charge in [0.15, 0.2) is 0 Å². The average Bonchev–Trinajstić information content (AvgIpc) is 2.60. The Bertz CT molecular complexity index is 555. The fraction of sp³-hybridized carbons (Fsp3) is 0.611. The molecule has 2 aliphatic rings. The molecule has 1 saturated heterocycles. The first kappa shape index (κ1) is 16.3. The van der Waals surface area contributed by atoms with Crippen LogP contribution in [0.4, 0.5) is 4.79 Å². The maximum absolute atomic E-state index is 12.0. The summed E-state index contributed by atoms with van der Waals surface area (Å²) in [6.45, 7) is 7.43. The van der Waals surface area contributed by atoms with E-state index in [9.17, 15) is 4.79 Å². The summed E-state index contributed by atoms with van der Waals surface area (Å²) in [6.07, 6.45) is 1.64. The zero-order valence-electron chi connectivity index (χ0n) is 14.1. The summed E-state index contributed by atoms with van der Waals surface area (Å²) in [4.78, 5) is 16.2. The van der Waals surface area contributed by atoms with Gasteiger partial charge in [-0.05, 0) is 29.5 Å². The molecule has 1 amide bonds. The third kappa shape index (κ3) is 3.67. The van der Waals surface area contributed by atoms with Gasteiger partial charge in [0, 0.05) is 32.2 Å². The molecule has 0 N–H and O–H groups in total. The standard InChI is InChI=1S/C18H26N2O3/c1-3-17-11-16-10-14(12-19-6-8-23-9-7-19)4-5-15(16)13-20(17)18(21)22-2/h4-5,10,17H,3,6-9,11-13H2,1-2H3. The van der Waals surface area contributed by atoms with Crippen molar-refractivity contribution in [3.8, 4) is 0 Å². The summed E-state index contributed by atoms with van der Waals surface area (Å²) in [7, 11) is 1.45. The van der Waals surface area contributed by atoms with E-state index in [0.717, 1.165) is 45.7 Å². The molecule has 0 radical (unpaired) electrons.